The molecule has 1 N–H and O–H groups in total. The van der Waals surface area contributed by atoms with Crippen molar-refractivity contribution in [3.8, 4) is 5.75 Å². The van der Waals surface area contributed by atoms with Crippen LogP contribution >= 0.6 is 23.4 Å². The monoisotopic (exact) mass is 251 g/mol. The molecule has 16 heavy (non-hydrogen) atoms. The van der Waals surface area contributed by atoms with Crippen LogP contribution in [-0.2, 0) is 5.75 Å². The Kier molecular flexibility index (Phi) is 3.70. The van der Waals surface area contributed by atoms with Gasteiger partial charge in [0.15, 0.2) is 0 Å². The molecule has 0 saturated carbocycles. The minimum atomic E-state index is 0.282. The summed E-state index contributed by atoms with van der Waals surface area (Å²) in [5.74, 6) is 1.02. The van der Waals surface area contributed by atoms with Crippen molar-refractivity contribution in [2.24, 2.45) is 0 Å². The highest BCUT2D eigenvalue weighted by atomic mass is 35.5. The summed E-state index contributed by atoms with van der Waals surface area (Å²) < 4.78 is 0. The second kappa shape index (κ2) is 5.23. The van der Waals surface area contributed by atoms with E-state index in [9.17, 15) is 5.11 Å². The molecule has 0 atom stereocenters. The van der Waals surface area contributed by atoms with Crippen molar-refractivity contribution in [3.05, 3.63) is 53.3 Å². The molecule has 2 nitrogen and oxygen atoms in total. The van der Waals surface area contributed by atoms with Gasteiger partial charge in [0.1, 0.15) is 5.75 Å². The molecular formula is C12H10ClNOS. The van der Waals surface area contributed by atoms with Gasteiger partial charge in [-0.25, -0.2) is 0 Å². The number of thioether (sulfide) groups is 1. The molecule has 1 aromatic heterocycles. The van der Waals surface area contributed by atoms with E-state index in [1.165, 1.54) is 0 Å². The largest absolute Gasteiger partial charge is 0.508 e. The Morgan fingerprint density at radius 2 is 2.12 bits per heavy atom. The standard InChI is InChI=1S/C12H10ClNOS/c13-9-4-5-14-10(6-9)8-16-12-3-1-2-11(15)7-12/h1-7,15H,8H2. The molecule has 2 aromatic rings. The molecule has 4 heteroatoms. The third kappa shape index (κ3) is 3.15. The van der Waals surface area contributed by atoms with Crippen LogP contribution < -0.4 is 0 Å². The van der Waals surface area contributed by atoms with Crippen LogP contribution in [0.1, 0.15) is 5.69 Å². The van der Waals surface area contributed by atoms with Gasteiger partial charge in [0, 0.05) is 21.9 Å². The van der Waals surface area contributed by atoms with Gasteiger partial charge in [0.05, 0.1) is 5.69 Å². The maximum absolute atomic E-state index is 9.30. The molecule has 0 spiro atoms. The van der Waals surface area contributed by atoms with Crippen LogP contribution in [0.15, 0.2) is 47.5 Å². The lowest BCUT2D eigenvalue weighted by atomic mass is 10.3. The van der Waals surface area contributed by atoms with E-state index in [0.29, 0.717) is 5.02 Å². The van der Waals surface area contributed by atoms with E-state index >= 15 is 0 Å². The summed E-state index contributed by atoms with van der Waals surface area (Å²) in [4.78, 5) is 5.22. The van der Waals surface area contributed by atoms with Gasteiger partial charge in [0.2, 0.25) is 0 Å². The number of aromatic hydroxyl groups is 1. The van der Waals surface area contributed by atoms with Crippen LogP contribution in [0.25, 0.3) is 0 Å². The minimum Gasteiger partial charge on any atom is -0.508 e. The number of pyridine rings is 1. The average Bonchev–Trinajstić information content (AvgIpc) is 2.27. The Bertz CT molecular complexity index is 444. The van der Waals surface area contributed by atoms with Crippen molar-refractivity contribution in [2.75, 3.05) is 0 Å². The predicted octanol–water partition coefficient (Wildman–Crippen LogP) is 3.73. The number of phenolic OH excluding ortho intramolecular Hbond substituents is 1. The highest BCUT2D eigenvalue weighted by molar-refractivity contribution is 7.98. The average molecular weight is 252 g/mol. The van der Waals surface area contributed by atoms with E-state index in [1.54, 1.807) is 36.2 Å². The normalized spacial score (nSPS) is 10.3. The SMILES string of the molecule is Oc1cccc(SCc2cc(Cl)ccn2)c1. The third-order valence-electron chi connectivity index (χ3n) is 1.98. The Hall–Kier alpha value is -1.19. The first-order valence-electron chi connectivity index (χ1n) is 4.76. The fraction of sp³-hybridized carbons (Fsp3) is 0.0833. The lowest BCUT2D eigenvalue weighted by Crippen LogP contribution is -1.85. The number of hydrogen-bond donors (Lipinski definition) is 1. The molecule has 0 aliphatic rings. The van der Waals surface area contributed by atoms with Crippen LogP contribution in [0.2, 0.25) is 5.02 Å². The zero-order chi connectivity index (χ0) is 11.4. The van der Waals surface area contributed by atoms with Gasteiger partial charge in [-0.15, -0.1) is 11.8 Å². The molecule has 2 rings (SSSR count). The predicted molar refractivity (Wildman–Crippen MR) is 66.9 cm³/mol. The number of halogens is 1. The molecule has 0 fully saturated rings. The Balaban J connectivity index is 2.02. The molecule has 0 radical (unpaired) electrons. The van der Waals surface area contributed by atoms with Crippen molar-refractivity contribution >= 4 is 23.4 Å². The quantitative estimate of drug-likeness (QED) is 0.844. The molecule has 0 unspecified atom stereocenters. The molecule has 0 amide bonds. The van der Waals surface area contributed by atoms with Gasteiger partial charge in [0.25, 0.3) is 0 Å². The number of aromatic nitrogens is 1. The van der Waals surface area contributed by atoms with Gasteiger partial charge < -0.3 is 5.11 Å². The zero-order valence-electron chi connectivity index (χ0n) is 8.43. The van der Waals surface area contributed by atoms with Crippen LogP contribution in [0, 0.1) is 0 Å². The van der Waals surface area contributed by atoms with E-state index in [-0.39, 0.29) is 5.75 Å². The van der Waals surface area contributed by atoms with Crippen molar-refractivity contribution in [1.82, 2.24) is 4.98 Å². The van der Waals surface area contributed by atoms with Crippen molar-refractivity contribution < 1.29 is 5.11 Å². The summed E-state index contributed by atoms with van der Waals surface area (Å²) in [5, 5.41) is 10.0. The van der Waals surface area contributed by atoms with Gasteiger partial charge in [-0.05, 0) is 30.3 Å². The van der Waals surface area contributed by atoms with Crippen LogP contribution in [0.5, 0.6) is 5.75 Å². The molecule has 82 valence electrons. The van der Waals surface area contributed by atoms with E-state index in [0.717, 1.165) is 16.3 Å². The summed E-state index contributed by atoms with van der Waals surface area (Å²) in [5.41, 5.74) is 0.931. The Labute approximate surface area is 103 Å². The number of benzene rings is 1. The number of rotatable bonds is 3. The zero-order valence-corrected chi connectivity index (χ0v) is 10.0. The first-order chi connectivity index (χ1) is 7.74. The van der Waals surface area contributed by atoms with Crippen LogP contribution in [0.3, 0.4) is 0 Å². The minimum absolute atomic E-state index is 0.282. The molecule has 0 aliphatic heterocycles. The summed E-state index contributed by atoms with van der Waals surface area (Å²) in [6.07, 6.45) is 1.70. The Morgan fingerprint density at radius 3 is 2.88 bits per heavy atom. The molecule has 0 bridgehead atoms. The summed E-state index contributed by atoms with van der Waals surface area (Å²) in [6.45, 7) is 0. The highest BCUT2D eigenvalue weighted by Gasteiger charge is 1.99. The van der Waals surface area contributed by atoms with E-state index in [1.807, 2.05) is 18.2 Å². The molecule has 0 saturated heterocycles. The molecule has 0 aliphatic carbocycles. The Morgan fingerprint density at radius 1 is 1.25 bits per heavy atom. The smallest absolute Gasteiger partial charge is 0.116 e. The topological polar surface area (TPSA) is 33.1 Å². The summed E-state index contributed by atoms with van der Waals surface area (Å²) in [6, 6.07) is 10.8. The van der Waals surface area contributed by atoms with Crippen LogP contribution in [0.4, 0.5) is 0 Å². The maximum Gasteiger partial charge on any atom is 0.116 e. The van der Waals surface area contributed by atoms with E-state index in [2.05, 4.69) is 4.98 Å². The lowest BCUT2D eigenvalue weighted by molar-refractivity contribution is 0.474. The molecular weight excluding hydrogens is 242 g/mol. The number of hydrogen-bond acceptors (Lipinski definition) is 3. The van der Waals surface area contributed by atoms with Gasteiger partial charge >= 0.3 is 0 Å². The first kappa shape index (κ1) is 11.3. The lowest BCUT2D eigenvalue weighted by Gasteiger charge is -2.02. The van der Waals surface area contributed by atoms with Gasteiger partial charge in [-0.3, -0.25) is 4.98 Å². The first-order valence-corrected chi connectivity index (χ1v) is 6.13. The summed E-state index contributed by atoms with van der Waals surface area (Å²) in [7, 11) is 0. The second-order valence-corrected chi connectivity index (χ2v) is 4.74. The van der Waals surface area contributed by atoms with Crippen molar-refractivity contribution in [1.29, 1.82) is 0 Å². The van der Waals surface area contributed by atoms with E-state index in [4.69, 9.17) is 11.6 Å². The van der Waals surface area contributed by atoms with Crippen molar-refractivity contribution in [3.63, 3.8) is 0 Å². The molecule has 1 aromatic carbocycles. The fourth-order valence-electron chi connectivity index (χ4n) is 1.26. The summed E-state index contributed by atoms with van der Waals surface area (Å²) >= 11 is 7.48. The van der Waals surface area contributed by atoms with Gasteiger partial charge in [-0.1, -0.05) is 17.7 Å². The maximum atomic E-state index is 9.30. The van der Waals surface area contributed by atoms with E-state index < -0.39 is 0 Å². The highest BCUT2D eigenvalue weighted by Crippen LogP contribution is 2.25. The number of nitrogens with zero attached hydrogens (tertiary/aromatic N) is 1. The second-order valence-electron chi connectivity index (χ2n) is 3.25. The van der Waals surface area contributed by atoms with Crippen molar-refractivity contribution in [2.45, 2.75) is 10.6 Å². The third-order valence-corrected chi connectivity index (χ3v) is 3.25. The number of phenols is 1. The fourth-order valence-corrected chi connectivity index (χ4v) is 2.29. The van der Waals surface area contributed by atoms with Crippen LogP contribution in [-0.4, -0.2) is 10.1 Å². The van der Waals surface area contributed by atoms with Gasteiger partial charge in [-0.2, -0.15) is 0 Å². The molecule has 1 heterocycles.